The third kappa shape index (κ3) is 5.30. The number of benzene rings is 1. The van der Waals surface area contributed by atoms with Gasteiger partial charge >= 0.3 is 6.09 Å². The Balaban J connectivity index is 1.42. The minimum absolute atomic E-state index is 0.0154. The van der Waals surface area contributed by atoms with Gasteiger partial charge in [0.1, 0.15) is 23.2 Å². The maximum atomic E-state index is 14.3. The molecule has 4 fully saturated rings. The molecule has 2 spiro atoms. The average molecular weight is 657 g/mol. The Morgan fingerprint density at radius 2 is 1.67 bits per heavy atom. The van der Waals surface area contributed by atoms with E-state index in [1.54, 1.807) is 43.9 Å². The van der Waals surface area contributed by atoms with Crippen molar-refractivity contribution in [2.45, 2.75) is 109 Å². The fraction of sp³-hybridized carbons (Fsp3) is 0.647. The van der Waals surface area contributed by atoms with Crippen LogP contribution in [0.25, 0.3) is 0 Å². The van der Waals surface area contributed by atoms with Crippen LogP contribution in [-0.4, -0.2) is 66.9 Å². The zero-order valence-corrected chi connectivity index (χ0v) is 28.8. The molecule has 4 amide bonds. The van der Waals surface area contributed by atoms with E-state index >= 15 is 0 Å². The summed E-state index contributed by atoms with van der Waals surface area (Å²) >= 11 is 0. The SMILES string of the molecule is C=C[C@@H]1C[C@]1(NC(=O)[C@@H]1C[C@@]2(CN1C(=O)[C@@H](NC(=O)OC(C)(C)C)C(C)C)C(C)(C)C21CCC1)C(=O)NS(=O)(=O)c1ccccc1. The van der Waals surface area contributed by atoms with E-state index < -0.39 is 63.0 Å². The molecule has 5 atom stereocenters. The molecule has 3 N–H and O–H groups in total. The standard InChI is InChI=1S/C34H48N4O7S/c1-9-22-18-34(22,28(41)37-46(43,44)23-14-11-10-12-15-23)36-26(39)24-19-33(31(7,8)32(33)16-13-17-32)20-38(24)27(40)25(21(2)3)35-29(42)45-30(4,5)6/h9-12,14-15,21-22,24-25H,1,13,16-20H2,2-8H3,(H,35,42)(H,36,39)(H,37,41)/t22-,24+,25+,33-,34-/m1/s1. The van der Waals surface area contributed by atoms with Crippen LogP contribution in [-0.2, 0) is 29.1 Å². The number of likely N-dealkylation sites (tertiary alicyclic amines) is 1. The number of hydrogen-bond acceptors (Lipinski definition) is 7. The fourth-order valence-corrected chi connectivity index (χ4v) is 9.46. The lowest BCUT2D eigenvalue weighted by atomic mass is 9.73. The van der Waals surface area contributed by atoms with Crippen molar-refractivity contribution in [3.05, 3.63) is 43.0 Å². The van der Waals surface area contributed by atoms with E-state index in [0.29, 0.717) is 13.0 Å². The van der Waals surface area contributed by atoms with Gasteiger partial charge in [0, 0.05) is 17.9 Å². The molecule has 46 heavy (non-hydrogen) atoms. The molecule has 0 radical (unpaired) electrons. The first-order valence-electron chi connectivity index (χ1n) is 16.1. The van der Waals surface area contributed by atoms with E-state index in [1.165, 1.54) is 18.2 Å². The van der Waals surface area contributed by atoms with Crippen molar-refractivity contribution in [2.75, 3.05) is 6.54 Å². The number of ether oxygens (including phenoxy) is 1. The summed E-state index contributed by atoms with van der Waals surface area (Å²) in [6.07, 6.45) is 4.51. The van der Waals surface area contributed by atoms with Crippen LogP contribution >= 0.6 is 0 Å². The Morgan fingerprint density at radius 1 is 1.04 bits per heavy atom. The number of hydrogen-bond donors (Lipinski definition) is 3. The largest absolute Gasteiger partial charge is 0.444 e. The predicted molar refractivity (Wildman–Crippen MR) is 172 cm³/mol. The van der Waals surface area contributed by atoms with E-state index in [0.717, 1.165) is 19.3 Å². The molecule has 3 aliphatic carbocycles. The molecule has 1 heterocycles. The number of carbonyl (C=O) groups excluding carboxylic acids is 4. The van der Waals surface area contributed by atoms with Crippen molar-refractivity contribution in [3.8, 4) is 0 Å². The molecule has 12 heteroatoms. The van der Waals surface area contributed by atoms with Crippen molar-refractivity contribution in [1.29, 1.82) is 0 Å². The summed E-state index contributed by atoms with van der Waals surface area (Å²) in [7, 11) is -4.20. The number of sulfonamides is 1. The normalized spacial score (nSPS) is 29.4. The third-order valence-electron chi connectivity index (χ3n) is 11.3. The lowest BCUT2D eigenvalue weighted by molar-refractivity contribution is -0.141. The Hall–Kier alpha value is -3.41. The molecular weight excluding hydrogens is 608 g/mol. The van der Waals surface area contributed by atoms with E-state index in [1.807, 2.05) is 13.8 Å². The lowest BCUT2D eigenvalue weighted by Crippen LogP contribution is -2.59. The first kappa shape index (κ1) is 33.9. The molecule has 0 aromatic heterocycles. The minimum Gasteiger partial charge on any atom is -0.444 e. The van der Waals surface area contributed by atoms with Gasteiger partial charge in [0.2, 0.25) is 11.8 Å². The van der Waals surface area contributed by atoms with Crippen LogP contribution in [0.1, 0.15) is 80.6 Å². The van der Waals surface area contributed by atoms with Crippen LogP contribution in [0.5, 0.6) is 0 Å². The van der Waals surface area contributed by atoms with Gasteiger partial charge in [-0.3, -0.25) is 14.4 Å². The van der Waals surface area contributed by atoms with Gasteiger partial charge in [0.05, 0.1) is 4.90 Å². The molecule has 252 valence electrons. The van der Waals surface area contributed by atoms with Gasteiger partial charge in [-0.05, 0) is 75.3 Å². The molecule has 5 rings (SSSR count). The first-order valence-corrected chi connectivity index (χ1v) is 17.6. The molecule has 1 aliphatic heterocycles. The second-order valence-electron chi connectivity index (χ2n) is 15.5. The molecule has 0 bridgehead atoms. The molecule has 1 aromatic carbocycles. The number of fused-ring (bicyclic) bond motifs is 1. The van der Waals surface area contributed by atoms with Crippen LogP contribution in [0.2, 0.25) is 0 Å². The summed E-state index contributed by atoms with van der Waals surface area (Å²) in [5.41, 5.74) is -2.68. The van der Waals surface area contributed by atoms with Crippen LogP contribution in [0.3, 0.4) is 0 Å². The number of nitrogens with one attached hydrogen (secondary N) is 3. The highest BCUT2D eigenvalue weighted by Gasteiger charge is 2.85. The van der Waals surface area contributed by atoms with Crippen LogP contribution in [0.4, 0.5) is 4.79 Å². The number of rotatable bonds is 9. The number of nitrogens with zero attached hydrogens (tertiary/aromatic N) is 1. The number of carbonyl (C=O) groups is 4. The summed E-state index contributed by atoms with van der Waals surface area (Å²) in [4.78, 5) is 56.5. The summed E-state index contributed by atoms with van der Waals surface area (Å²) in [6, 6.07) is 5.66. The smallest absolute Gasteiger partial charge is 0.408 e. The number of amides is 4. The summed E-state index contributed by atoms with van der Waals surface area (Å²) in [6.45, 7) is 17.4. The van der Waals surface area contributed by atoms with Gasteiger partial charge in [-0.1, -0.05) is 58.4 Å². The van der Waals surface area contributed by atoms with Crippen LogP contribution < -0.4 is 15.4 Å². The predicted octanol–water partition coefficient (Wildman–Crippen LogP) is 3.90. The molecule has 11 nitrogen and oxygen atoms in total. The zero-order chi connectivity index (χ0) is 34.1. The highest BCUT2D eigenvalue weighted by molar-refractivity contribution is 7.90. The third-order valence-corrected chi connectivity index (χ3v) is 12.7. The molecule has 0 unspecified atom stereocenters. The van der Waals surface area contributed by atoms with Gasteiger partial charge in [-0.15, -0.1) is 6.58 Å². The Kier molecular flexibility index (Phi) is 8.19. The quantitative estimate of drug-likeness (QED) is 0.341. The van der Waals surface area contributed by atoms with E-state index in [4.69, 9.17) is 4.74 Å². The molecule has 1 saturated heterocycles. The minimum atomic E-state index is -4.20. The van der Waals surface area contributed by atoms with Crippen molar-refractivity contribution >= 4 is 33.8 Å². The van der Waals surface area contributed by atoms with E-state index in [9.17, 15) is 27.6 Å². The Bertz CT molecular complexity index is 1550. The van der Waals surface area contributed by atoms with Gasteiger partial charge in [0.25, 0.3) is 15.9 Å². The lowest BCUT2D eigenvalue weighted by Gasteiger charge is -2.33. The molecule has 4 aliphatic rings. The van der Waals surface area contributed by atoms with Gasteiger partial charge in [-0.25, -0.2) is 17.9 Å². The first-order chi connectivity index (χ1) is 21.3. The summed E-state index contributed by atoms with van der Waals surface area (Å²) in [5.74, 6) is -2.57. The van der Waals surface area contributed by atoms with Crippen molar-refractivity contribution < 1.29 is 32.3 Å². The second-order valence-corrected chi connectivity index (χ2v) is 17.1. The summed E-state index contributed by atoms with van der Waals surface area (Å²) in [5, 5.41) is 5.61. The zero-order valence-electron chi connectivity index (χ0n) is 27.9. The Morgan fingerprint density at radius 3 is 2.15 bits per heavy atom. The topological polar surface area (TPSA) is 151 Å². The van der Waals surface area contributed by atoms with Gasteiger partial charge in [0.15, 0.2) is 0 Å². The maximum absolute atomic E-state index is 14.3. The van der Waals surface area contributed by atoms with E-state index in [2.05, 4.69) is 35.8 Å². The molecule has 3 saturated carbocycles. The maximum Gasteiger partial charge on any atom is 0.408 e. The molecular formula is C34H48N4O7S. The van der Waals surface area contributed by atoms with Crippen LogP contribution in [0, 0.1) is 28.1 Å². The molecule has 1 aromatic rings. The monoisotopic (exact) mass is 656 g/mol. The van der Waals surface area contributed by atoms with Gasteiger partial charge < -0.3 is 20.3 Å². The number of alkyl carbamates (subject to hydrolysis) is 1. The van der Waals surface area contributed by atoms with Crippen molar-refractivity contribution in [3.63, 3.8) is 0 Å². The fourth-order valence-electron chi connectivity index (χ4n) is 8.40. The highest BCUT2D eigenvalue weighted by atomic mass is 32.2. The van der Waals surface area contributed by atoms with Crippen LogP contribution in [0.15, 0.2) is 47.9 Å². The van der Waals surface area contributed by atoms with Crippen molar-refractivity contribution in [2.24, 2.45) is 28.1 Å². The second kappa shape index (κ2) is 11.1. The highest BCUT2D eigenvalue weighted by Crippen LogP contribution is 2.88. The van der Waals surface area contributed by atoms with Gasteiger partial charge in [-0.2, -0.15) is 0 Å². The Labute approximate surface area is 272 Å². The summed E-state index contributed by atoms with van der Waals surface area (Å²) < 4.78 is 33.6. The average Bonchev–Trinajstić information content (AvgIpc) is 3.65. The van der Waals surface area contributed by atoms with Crippen molar-refractivity contribution in [1.82, 2.24) is 20.3 Å². The van der Waals surface area contributed by atoms with E-state index in [-0.39, 0.29) is 33.5 Å².